The van der Waals surface area contributed by atoms with Crippen LogP contribution in [0.1, 0.15) is 49.4 Å². The van der Waals surface area contributed by atoms with Gasteiger partial charge in [0.2, 0.25) is 11.9 Å². The third-order valence-corrected chi connectivity index (χ3v) is 9.12. The fourth-order valence-electron chi connectivity index (χ4n) is 6.53. The van der Waals surface area contributed by atoms with Crippen molar-refractivity contribution in [3.8, 4) is 5.75 Å². The quantitative estimate of drug-likeness (QED) is 0.380. The molecule has 0 unspecified atom stereocenters. The molecule has 0 bridgehead atoms. The lowest BCUT2D eigenvalue weighted by Crippen LogP contribution is -2.55. The van der Waals surface area contributed by atoms with Crippen molar-refractivity contribution in [1.82, 2.24) is 14.9 Å². The number of nitrogens with zero attached hydrogens (tertiary/aromatic N) is 6. The zero-order valence-electron chi connectivity index (χ0n) is 26.0. The molecule has 0 spiro atoms. The second kappa shape index (κ2) is 12.7. The van der Waals surface area contributed by atoms with Gasteiger partial charge in [0.15, 0.2) is 5.82 Å². The number of hydrogen-bond acceptors (Lipinski definition) is 9. The zero-order valence-corrected chi connectivity index (χ0v) is 26.0. The summed E-state index contributed by atoms with van der Waals surface area (Å²) in [6.07, 6.45) is 6.87. The summed E-state index contributed by atoms with van der Waals surface area (Å²) in [6.45, 7) is 6.08. The number of aromatic nitrogens is 2. The number of fused-ring (bicyclic) bond motifs is 1. The second-order valence-electron chi connectivity index (χ2n) is 11.9. The molecule has 0 radical (unpaired) electrons. The van der Waals surface area contributed by atoms with Gasteiger partial charge in [0.05, 0.1) is 19.0 Å². The Kier molecular flexibility index (Phi) is 8.56. The molecule has 2 N–H and O–H groups in total. The van der Waals surface area contributed by atoms with E-state index in [1.807, 2.05) is 36.4 Å². The highest BCUT2D eigenvalue weighted by atomic mass is 16.5. The summed E-state index contributed by atoms with van der Waals surface area (Å²) in [5.41, 5.74) is 3.73. The van der Waals surface area contributed by atoms with Crippen LogP contribution in [0.5, 0.6) is 5.75 Å². The van der Waals surface area contributed by atoms with Crippen molar-refractivity contribution >= 4 is 46.3 Å². The first-order valence-corrected chi connectivity index (χ1v) is 15.6. The van der Waals surface area contributed by atoms with Crippen molar-refractivity contribution in [3.05, 3.63) is 54.2 Å². The Morgan fingerprint density at radius 3 is 2.43 bits per heavy atom. The van der Waals surface area contributed by atoms with E-state index in [9.17, 15) is 9.59 Å². The number of rotatable bonds is 8. The molecule has 11 nitrogen and oxygen atoms in total. The van der Waals surface area contributed by atoms with E-state index in [4.69, 9.17) is 9.72 Å². The van der Waals surface area contributed by atoms with Crippen LogP contribution in [-0.2, 0) is 4.79 Å². The number of hydrogen-bond donors (Lipinski definition) is 2. The number of carbonyl (C=O) groups excluding carboxylic acids is 2. The fraction of sp³-hybridized carbons (Fsp3) is 0.455. The number of anilines is 6. The molecule has 1 aromatic heterocycles. The Morgan fingerprint density at radius 1 is 1.02 bits per heavy atom. The highest BCUT2D eigenvalue weighted by Crippen LogP contribution is 2.40. The number of methoxy groups -OCH3 is 1. The molecule has 1 atom stereocenters. The maximum atomic E-state index is 13.2. The van der Waals surface area contributed by atoms with Gasteiger partial charge in [-0.3, -0.25) is 9.59 Å². The number of amides is 2. The van der Waals surface area contributed by atoms with Gasteiger partial charge in [-0.1, -0.05) is 19.8 Å². The molecule has 2 fully saturated rings. The fourth-order valence-corrected chi connectivity index (χ4v) is 6.53. The number of benzene rings is 2. The van der Waals surface area contributed by atoms with E-state index >= 15 is 0 Å². The number of nitrogens with one attached hydrogen (secondary N) is 2. The van der Waals surface area contributed by atoms with Gasteiger partial charge in [0, 0.05) is 62.3 Å². The van der Waals surface area contributed by atoms with E-state index in [1.165, 1.54) is 0 Å². The van der Waals surface area contributed by atoms with Crippen LogP contribution in [0.15, 0.2) is 48.7 Å². The maximum Gasteiger partial charge on any atom is 0.255 e. The maximum absolute atomic E-state index is 13.2. The summed E-state index contributed by atoms with van der Waals surface area (Å²) < 4.78 is 5.67. The molecule has 3 heterocycles. The first-order valence-electron chi connectivity index (χ1n) is 15.6. The van der Waals surface area contributed by atoms with Gasteiger partial charge >= 0.3 is 0 Å². The summed E-state index contributed by atoms with van der Waals surface area (Å²) >= 11 is 0. The van der Waals surface area contributed by atoms with E-state index < -0.39 is 0 Å². The Morgan fingerprint density at radius 2 is 1.75 bits per heavy atom. The number of carbonyl (C=O) groups is 2. The Bertz CT molecular complexity index is 1500. The van der Waals surface area contributed by atoms with Crippen molar-refractivity contribution in [3.63, 3.8) is 0 Å². The van der Waals surface area contributed by atoms with E-state index in [-0.39, 0.29) is 17.9 Å². The van der Waals surface area contributed by atoms with Crippen LogP contribution in [0.3, 0.4) is 0 Å². The molecule has 6 rings (SSSR count). The van der Waals surface area contributed by atoms with Gasteiger partial charge in [0.25, 0.3) is 5.91 Å². The van der Waals surface area contributed by atoms with Crippen LogP contribution in [0.25, 0.3) is 0 Å². The molecule has 2 aliphatic heterocycles. The largest absolute Gasteiger partial charge is 0.494 e. The normalized spacial score (nSPS) is 19.2. The third-order valence-electron chi connectivity index (χ3n) is 9.12. The molecule has 232 valence electrons. The molecule has 2 aromatic carbocycles. The smallest absolute Gasteiger partial charge is 0.255 e. The topological polar surface area (TPSA) is 106 Å². The first kappa shape index (κ1) is 29.7. The van der Waals surface area contributed by atoms with Gasteiger partial charge in [-0.05, 0) is 62.7 Å². The lowest BCUT2D eigenvalue weighted by molar-refractivity contribution is -0.120. The molecule has 1 saturated heterocycles. The molecule has 11 heteroatoms. The van der Waals surface area contributed by atoms with E-state index in [0.717, 1.165) is 69.1 Å². The Labute approximate surface area is 259 Å². The SMILES string of the molecule is CC[C@@H]1C(=O)N(C)c2cnc(Nc3ccc(NC(=O)c4ccc(N5CCN(C)CC5)cc4)cc3OC)nc2N1C1CCCC1. The molecule has 2 amide bonds. The summed E-state index contributed by atoms with van der Waals surface area (Å²) in [4.78, 5) is 44.3. The van der Waals surface area contributed by atoms with Gasteiger partial charge < -0.3 is 35.0 Å². The highest BCUT2D eigenvalue weighted by Gasteiger charge is 2.41. The summed E-state index contributed by atoms with van der Waals surface area (Å²) in [5.74, 6) is 1.64. The summed E-state index contributed by atoms with van der Waals surface area (Å²) in [7, 11) is 5.52. The standard InChI is InChI=1S/C33H42N8O3/c1-5-27-32(43)39(3)28-21-34-33(37-30(28)41(27)25-8-6-7-9-25)36-26-15-12-23(20-29(26)44-4)35-31(42)22-10-13-24(14-11-22)40-18-16-38(2)17-19-40/h10-15,20-21,25,27H,5-9,16-19H2,1-4H3,(H,35,42)(H,34,36,37)/t27-/m1/s1. The summed E-state index contributed by atoms with van der Waals surface area (Å²) in [5, 5.41) is 6.28. The average Bonchev–Trinajstić information content (AvgIpc) is 3.58. The lowest BCUT2D eigenvalue weighted by atomic mass is 10.0. The van der Waals surface area contributed by atoms with Crippen LogP contribution >= 0.6 is 0 Å². The second-order valence-corrected chi connectivity index (χ2v) is 11.9. The van der Waals surface area contributed by atoms with Crippen molar-refractivity contribution < 1.29 is 14.3 Å². The van der Waals surface area contributed by atoms with E-state index in [1.54, 1.807) is 31.3 Å². The van der Waals surface area contributed by atoms with Crippen LogP contribution in [0, 0.1) is 0 Å². The summed E-state index contributed by atoms with van der Waals surface area (Å²) in [6, 6.07) is 13.3. The van der Waals surface area contributed by atoms with Gasteiger partial charge in [0.1, 0.15) is 17.5 Å². The van der Waals surface area contributed by atoms with E-state index in [0.29, 0.717) is 41.1 Å². The minimum absolute atomic E-state index is 0.0847. The predicted molar refractivity (Wildman–Crippen MR) is 175 cm³/mol. The molecule has 1 aliphatic carbocycles. The van der Waals surface area contributed by atoms with Crippen molar-refractivity contribution in [2.75, 3.05) is 72.7 Å². The van der Waals surface area contributed by atoms with Crippen molar-refractivity contribution in [1.29, 1.82) is 0 Å². The molecule has 1 saturated carbocycles. The minimum atomic E-state index is -0.237. The molecule has 3 aromatic rings. The third kappa shape index (κ3) is 5.88. The van der Waals surface area contributed by atoms with Gasteiger partial charge in [-0.25, -0.2) is 4.98 Å². The number of likely N-dealkylation sites (N-methyl/N-ethyl adjacent to an activating group) is 2. The number of piperazine rings is 1. The Balaban J connectivity index is 1.17. The average molecular weight is 599 g/mol. The molecule has 44 heavy (non-hydrogen) atoms. The van der Waals surface area contributed by atoms with Crippen LogP contribution in [0.2, 0.25) is 0 Å². The molecular formula is C33H42N8O3. The van der Waals surface area contributed by atoms with E-state index in [2.05, 4.69) is 44.3 Å². The molecule has 3 aliphatic rings. The lowest BCUT2D eigenvalue weighted by Gasteiger charge is -2.43. The predicted octanol–water partition coefficient (Wildman–Crippen LogP) is 4.74. The highest BCUT2D eigenvalue weighted by molar-refractivity contribution is 6.05. The monoisotopic (exact) mass is 598 g/mol. The first-order chi connectivity index (χ1) is 21.4. The van der Waals surface area contributed by atoms with Gasteiger partial charge in [-0.2, -0.15) is 4.98 Å². The van der Waals surface area contributed by atoms with Crippen LogP contribution < -0.4 is 30.1 Å². The minimum Gasteiger partial charge on any atom is -0.494 e. The van der Waals surface area contributed by atoms with Crippen LogP contribution in [-0.4, -0.2) is 86.2 Å². The van der Waals surface area contributed by atoms with Crippen molar-refractivity contribution in [2.45, 2.75) is 51.1 Å². The Hall–Kier alpha value is -4.38. The zero-order chi connectivity index (χ0) is 30.8. The van der Waals surface area contributed by atoms with Crippen LogP contribution in [0.4, 0.5) is 34.5 Å². The van der Waals surface area contributed by atoms with Crippen molar-refractivity contribution in [2.24, 2.45) is 0 Å². The molecular weight excluding hydrogens is 556 g/mol. The van der Waals surface area contributed by atoms with Gasteiger partial charge in [-0.15, -0.1) is 0 Å². The number of ether oxygens (including phenoxy) is 1.